The normalized spacial score (nSPS) is 9.33. The molecule has 0 aliphatic heterocycles. The zero-order valence-electron chi connectivity index (χ0n) is 8.89. The zero-order valence-corrected chi connectivity index (χ0v) is 11.9. The van der Waals surface area contributed by atoms with Crippen LogP contribution in [0.15, 0.2) is 60.7 Å². The van der Waals surface area contributed by atoms with Gasteiger partial charge in [-0.2, -0.15) is 0 Å². The quantitative estimate of drug-likeness (QED) is 0.729. The van der Waals surface area contributed by atoms with Crippen LogP contribution < -0.4 is 0 Å². The maximum atomic E-state index is 2.18. The van der Waals surface area contributed by atoms with Gasteiger partial charge in [-0.05, 0) is 24.0 Å². The van der Waals surface area contributed by atoms with Crippen LogP contribution in [0.4, 0.5) is 0 Å². The summed E-state index contributed by atoms with van der Waals surface area (Å²) in [7, 11) is 0. The Balaban J connectivity index is 0.00000112. The second kappa shape index (κ2) is 6.53. The van der Waals surface area contributed by atoms with Crippen LogP contribution in [-0.2, 0) is 32.3 Å². The van der Waals surface area contributed by atoms with Gasteiger partial charge in [0.2, 0.25) is 0 Å². The number of hydrogen-bond donors (Lipinski definition) is 0. The Morgan fingerprint density at radius 3 is 1.20 bits per heavy atom. The molecule has 0 heterocycles. The summed E-state index contributed by atoms with van der Waals surface area (Å²) in [4.78, 5) is 0. The Kier molecular flexibility index (Phi) is 5.28. The van der Waals surface area contributed by atoms with E-state index in [9.17, 15) is 0 Å². The average molecular weight is 248 g/mol. The van der Waals surface area contributed by atoms with E-state index in [2.05, 4.69) is 60.7 Å². The van der Waals surface area contributed by atoms with E-state index in [-0.39, 0.29) is 19.5 Å². The fourth-order valence-electron chi connectivity index (χ4n) is 1.58. The van der Waals surface area contributed by atoms with Crippen LogP contribution in [0.5, 0.6) is 0 Å². The van der Waals surface area contributed by atoms with Gasteiger partial charge >= 0.3 is 0 Å². The summed E-state index contributed by atoms with van der Waals surface area (Å²) >= 11 is 0. The molecular weight excluding hydrogens is 234 g/mol. The molecule has 0 N–H and O–H groups in total. The predicted octanol–water partition coefficient (Wildman–Crippen LogP) is 3.47. The molecular formula is C14H14Zn. The topological polar surface area (TPSA) is 0 Å². The van der Waals surface area contributed by atoms with E-state index < -0.39 is 0 Å². The Morgan fingerprint density at radius 2 is 0.867 bits per heavy atom. The van der Waals surface area contributed by atoms with Crippen LogP contribution in [0.1, 0.15) is 11.1 Å². The predicted molar refractivity (Wildman–Crippen MR) is 60.3 cm³/mol. The molecule has 0 saturated carbocycles. The fraction of sp³-hybridized carbons (Fsp3) is 0.143. The van der Waals surface area contributed by atoms with E-state index in [0.717, 1.165) is 12.8 Å². The van der Waals surface area contributed by atoms with Gasteiger partial charge in [0.25, 0.3) is 0 Å². The molecule has 0 spiro atoms. The molecule has 2 aromatic rings. The molecule has 72 valence electrons. The van der Waals surface area contributed by atoms with E-state index in [4.69, 9.17) is 0 Å². The van der Waals surface area contributed by atoms with Crippen LogP contribution in [0.25, 0.3) is 0 Å². The summed E-state index contributed by atoms with van der Waals surface area (Å²) in [5, 5.41) is 0. The third-order valence-electron chi connectivity index (χ3n) is 2.39. The largest absolute Gasteiger partial charge is 0.0622 e. The number of rotatable bonds is 3. The zero-order chi connectivity index (χ0) is 9.64. The van der Waals surface area contributed by atoms with E-state index >= 15 is 0 Å². The molecule has 0 amide bonds. The van der Waals surface area contributed by atoms with Crippen LogP contribution in [0.3, 0.4) is 0 Å². The first-order valence-corrected chi connectivity index (χ1v) is 5.03. The molecule has 0 atom stereocenters. The third kappa shape index (κ3) is 3.97. The minimum Gasteiger partial charge on any atom is -0.0622 e. The summed E-state index contributed by atoms with van der Waals surface area (Å²) in [5.41, 5.74) is 2.83. The molecule has 2 aromatic carbocycles. The van der Waals surface area contributed by atoms with Crippen LogP contribution in [-0.4, -0.2) is 0 Å². The van der Waals surface area contributed by atoms with Crippen molar-refractivity contribution in [1.82, 2.24) is 0 Å². The van der Waals surface area contributed by atoms with Gasteiger partial charge < -0.3 is 0 Å². The minimum atomic E-state index is 0. The minimum absolute atomic E-state index is 0. The van der Waals surface area contributed by atoms with Crippen LogP contribution in [0, 0.1) is 0 Å². The molecule has 0 radical (unpaired) electrons. The van der Waals surface area contributed by atoms with Crippen LogP contribution >= 0.6 is 0 Å². The molecule has 0 fully saturated rings. The Hall–Kier alpha value is -0.937. The van der Waals surface area contributed by atoms with Crippen molar-refractivity contribution in [2.75, 3.05) is 0 Å². The van der Waals surface area contributed by atoms with Gasteiger partial charge in [0.1, 0.15) is 0 Å². The average Bonchev–Trinajstić information content (AvgIpc) is 2.29. The number of benzene rings is 2. The van der Waals surface area contributed by atoms with Gasteiger partial charge in [-0.3, -0.25) is 0 Å². The Morgan fingerprint density at radius 1 is 0.533 bits per heavy atom. The van der Waals surface area contributed by atoms with Crippen LogP contribution in [0.2, 0.25) is 0 Å². The van der Waals surface area contributed by atoms with Crippen molar-refractivity contribution in [2.45, 2.75) is 12.8 Å². The van der Waals surface area contributed by atoms with E-state index in [1.54, 1.807) is 0 Å². The Bertz CT molecular complexity index is 328. The van der Waals surface area contributed by atoms with Crippen molar-refractivity contribution in [3.8, 4) is 0 Å². The monoisotopic (exact) mass is 246 g/mol. The smallest absolute Gasteiger partial charge is 0 e. The van der Waals surface area contributed by atoms with E-state index in [0.29, 0.717) is 0 Å². The maximum Gasteiger partial charge on any atom is 0 e. The molecule has 0 unspecified atom stereocenters. The molecule has 0 nitrogen and oxygen atoms in total. The summed E-state index contributed by atoms with van der Waals surface area (Å²) in [5.74, 6) is 0. The van der Waals surface area contributed by atoms with Gasteiger partial charge in [0, 0.05) is 19.5 Å². The molecule has 15 heavy (non-hydrogen) atoms. The second-order valence-corrected chi connectivity index (χ2v) is 3.47. The Labute approximate surface area is 104 Å². The summed E-state index contributed by atoms with van der Waals surface area (Å²) < 4.78 is 0. The molecule has 0 aliphatic carbocycles. The van der Waals surface area contributed by atoms with Crippen molar-refractivity contribution in [3.05, 3.63) is 71.8 Å². The third-order valence-corrected chi connectivity index (χ3v) is 2.39. The van der Waals surface area contributed by atoms with Gasteiger partial charge in [0.15, 0.2) is 0 Å². The molecule has 1 heteroatoms. The molecule has 0 aromatic heterocycles. The molecule has 0 bridgehead atoms. The fourth-order valence-corrected chi connectivity index (χ4v) is 1.58. The van der Waals surface area contributed by atoms with Gasteiger partial charge in [0.05, 0.1) is 0 Å². The van der Waals surface area contributed by atoms with Crippen molar-refractivity contribution in [3.63, 3.8) is 0 Å². The molecule has 0 aliphatic rings. The van der Waals surface area contributed by atoms with Gasteiger partial charge in [-0.15, -0.1) is 0 Å². The molecule has 0 saturated heterocycles. The standard InChI is InChI=1S/C14H14.Zn/c1-3-7-13(8-4-1)11-12-14-9-5-2-6-10-14;/h1-10H,11-12H2;. The first-order chi connectivity index (χ1) is 6.95. The first-order valence-electron chi connectivity index (χ1n) is 5.03. The first kappa shape index (κ1) is 12.1. The number of aryl methyl sites for hydroxylation is 2. The van der Waals surface area contributed by atoms with Crippen molar-refractivity contribution < 1.29 is 19.5 Å². The second-order valence-electron chi connectivity index (χ2n) is 3.47. The van der Waals surface area contributed by atoms with Crippen molar-refractivity contribution >= 4 is 0 Å². The van der Waals surface area contributed by atoms with E-state index in [1.165, 1.54) is 11.1 Å². The SMILES string of the molecule is [Zn].c1ccc(CCc2ccccc2)cc1. The summed E-state index contributed by atoms with van der Waals surface area (Å²) in [6.45, 7) is 0. The summed E-state index contributed by atoms with van der Waals surface area (Å²) in [6, 6.07) is 21.2. The maximum absolute atomic E-state index is 2.18. The van der Waals surface area contributed by atoms with Gasteiger partial charge in [-0.25, -0.2) is 0 Å². The van der Waals surface area contributed by atoms with Crippen molar-refractivity contribution in [2.24, 2.45) is 0 Å². The van der Waals surface area contributed by atoms with Crippen molar-refractivity contribution in [1.29, 1.82) is 0 Å². The van der Waals surface area contributed by atoms with E-state index in [1.807, 2.05) is 0 Å². The number of hydrogen-bond acceptors (Lipinski definition) is 0. The van der Waals surface area contributed by atoms with Gasteiger partial charge in [-0.1, -0.05) is 60.7 Å². The molecule has 2 rings (SSSR count). The summed E-state index contributed by atoms with van der Waals surface area (Å²) in [6.07, 6.45) is 2.26.